The first-order valence-electron chi connectivity index (χ1n) is 8.59. The highest BCUT2D eigenvalue weighted by molar-refractivity contribution is 6.01. The van der Waals surface area contributed by atoms with Crippen molar-refractivity contribution in [3.63, 3.8) is 0 Å². The van der Waals surface area contributed by atoms with Crippen molar-refractivity contribution in [2.45, 2.75) is 25.8 Å². The van der Waals surface area contributed by atoms with Crippen LogP contribution in [0.25, 0.3) is 0 Å². The fourth-order valence-corrected chi connectivity index (χ4v) is 3.06. The summed E-state index contributed by atoms with van der Waals surface area (Å²) in [7, 11) is 0. The highest BCUT2D eigenvalue weighted by Gasteiger charge is 2.34. The number of carbonyl (C=O) groups is 2. The third-order valence-corrected chi connectivity index (χ3v) is 4.27. The monoisotopic (exact) mass is 338 g/mol. The number of hydrogen-bond acceptors (Lipinski definition) is 3. The van der Waals surface area contributed by atoms with Crippen LogP contribution in [0.1, 0.15) is 30.1 Å². The molecule has 1 aliphatic heterocycles. The molecule has 1 atom stereocenters. The second-order valence-electron chi connectivity index (χ2n) is 5.97. The van der Waals surface area contributed by atoms with Gasteiger partial charge in [-0.3, -0.25) is 9.59 Å². The fourth-order valence-electron chi connectivity index (χ4n) is 3.06. The molecule has 2 aromatic carbocycles. The van der Waals surface area contributed by atoms with Gasteiger partial charge in [0.15, 0.2) is 0 Å². The van der Waals surface area contributed by atoms with Crippen molar-refractivity contribution >= 4 is 17.5 Å². The third-order valence-electron chi connectivity index (χ3n) is 4.27. The molecule has 1 heterocycles. The van der Waals surface area contributed by atoms with E-state index >= 15 is 0 Å². The highest BCUT2D eigenvalue weighted by Crippen LogP contribution is 2.22. The van der Waals surface area contributed by atoms with Crippen molar-refractivity contribution in [1.82, 2.24) is 4.90 Å². The van der Waals surface area contributed by atoms with E-state index in [1.165, 1.54) is 0 Å². The Morgan fingerprint density at radius 3 is 2.52 bits per heavy atom. The lowest BCUT2D eigenvalue weighted by Crippen LogP contribution is -2.43. The largest absolute Gasteiger partial charge is 0.494 e. The minimum Gasteiger partial charge on any atom is -0.494 e. The number of ether oxygens (including phenoxy) is 1. The molecule has 1 unspecified atom stereocenters. The van der Waals surface area contributed by atoms with Crippen LogP contribution in [0.2, 0.25) is 0 Å². The average Bonchev–Trinajstić information content (AvgIpc) is 3.13. The fraction of sp³-hybridized carbons (Fsp3) is 0.300. The predicted octanol–water partition coefficient (Wildman–Crippen LogP) is 3.33. The Labute approximate surface area is 147 Å². The Morgan fingerprint density at radius 2 is 1.84 bits per heavy atom. The molecule has 3 rings (SSSR count). The Morgan fingerprint density at radius 1 is 1.12 bits per heavy atom. The maximum absolute atomic E-state index is 12.7. The molecule has 0 bridgehead atoms. The summed E-state index contributed by atoms with van der Waals surface area (Å²) in [6, 6.07) is 15.9. The molecule has 1 aliphatic rings. The maximum atomic E-state index is 12.7. The van der Waals surface area contributed by atoms with E-state index in [1.54, 1.807) is 29.2 Å². The molecular formula is C20H22N2O3. The number of hydrogen-bond donors (Lipinski definition) is 1. The summed E-state index contributed by atoms with van der Waals surface area (Å²) in [5.74, 6) is 0.526. The van der Waals surface area contributed by atoms with Gasteiger partial charge < -0.3 is 15.0 Å². The molecule has 130 valence electrons. The Bertz CT molecular complexity index is 728. The van der Waals surface area contributed by atoms with E-state index in [4.69, 9.17) is 4.74 Å². The van der Waals surface area contributed by atoms with Gasteiger partial charge >= 0.3 is 0 Å². The van der Waals surface area contributed by atoms with Crippen LogP contribution in [0.5, 0.6) is 5.75 Å². The molecule has 0 aliphatic carbocycles. The van der Waals surface area contributed by atoms with E-state index in [0.717, 1.165) is 12.2 Å². The molecule has 5 heteroatoms. The number of anilines is 1. The van der Waals surface area contributed by atoms with Gasteiger partial charge in [-0.05, 0) is 56.2 Å². The van der Waals surface area contributed by atoms with Crippen LogP contribution in [-0.2, 0) is 4.79 Å². The van der Waals surface area contributed by atoms with Crippen LogP contribution < -0.4 is 10.1 Å². The van der Waals surface area contributed by atoms with Crippen LogP contribution in [0.4, 0.5) is 5.69 Å². The van der Waals surface area contributed by atoms with Crippen LogP contribution >= 0.6 is 0 Å². The van der Waals surface area contributed by atoms with E-state index < -0.39 is 6.04 Å². The molecule has 25 heavy (non-hydrogen) atoms. The minimum absolute atomic E-state index is 0.0926. The first-order valence-corrected chi connectivity index (χ1v) is 8.59. The van der Waals surface area contributed by atoms with Crippen molar-refractivity contribution in [3.8, 4) is 5.75 Å². The van der Waals surface area contributed by atoms with Crippen molar-refractivity contribution in [2.24, 2.45) is 0 Å². The minimum atomic E-state index is -0.431. The predicted molar refractivity (Wildman–Crippen MR) is 96.7 cm³/mol. The van der Waals surface area contributed by atoms with Crippen LogP contribution in [-0.4, -0.2) is 35.9 Å². The van der Waals surface area contributed by atoms with Crippen molar-refractivity contribution in [3.05, 3.63) is 60.2 Å². The number of amides is 2. The van der Waals surface area contributed by atoms with E-state index in [2.05, 4.69) is 5.32 Å². The van der Waals surface area contributed by atoms with Gasteiger partial charge in [-0.1, -0.05) is 18.2 Å². The van der Waals surface area contributed by atoms with Gasteiger partial charge in [0.1, 0.15) is 11.8 Å². The second kappa shape index (κ2) is 7.83. The first-order chi connectivity index (χ1) is 12.2. The highest BCUT2D eigenvalue weighted by atomic mass is 16.5. The molecule has 0 saturated carbocycles. The van der Waals surface area contributed by atoms with Gasteiger partial charge in [0, 0.05) is 17.8 Å². The maximum Gasteiger partial charge on any atom is 0.254 e. The molecule has 1 N–H and O–H groups in total. The van der Waals surface area contributed by atoms with E-state index in [0.29, 0.717) is 30.8 Å². The lowest BCUT2D eigenvalue weighted by atomic mass is 10.1. The quantitative estimate of drug-likeness (QED) is 0.910. The molecule has 2 amide bonds. The second-order valence-corrected chi connectivity index (χ2v) is 5.97. The standard InChI is InChI=1S/C20H22N2O3/c1-2-25-17-12-10-16(11-13-17)21-19(23)18-9-6-14-22(18)20(24)15-7-4-3-5-8-15/h3-5,7-8,10-13,18H,2,6,9,14H2,1H3,(H,21,23). The normalized spacial score (nSPS) is 16.5. The lowest BCUT2D eigenvalue weighted by Gasteiger charge is -2.24. The summed E-state index contributed by atoms with van der Waals surface area (Å²) in [4.78, 5) is 27.0. The zero-order chi connectivity index (χ0) is 17.6. The molecule has 2 aromatic rings. The molecule has 1 saturated heterocycles. The van der Waals surface area contributed by atoms with Crippen LogP contribution in [0, 0.1) is 0 Å². The molecule has 0 radical (unpaired) electrons. The summed E-state index contributed by atoms with van der Waals surface area (Å²) in [5, 5.41) is 2.90. The summed E-state index contributed by atoms with van der Waals surface area (Å²) in [6.45, 7) is 3.13. The molecular weight excluding hydrogens is 316 g/mol. The third kappa shape index (κ3) is 3.99. The zero-order valence-electron chi connectivity index (χ0n) is 14.3. The number of likely N-dealkylation sites (tertiary alicyclic amines) is 1. The van der Waals surface area contributed by atoms with Crippen molar-refractivity contribution in [2.75, 3.05) is 18.5 Å². The molecule has 0 spiro atoms. The number of carbonyl (C=O) groups excluding carboxylic acids is 2. The summed E-state index contributed by atoms with van der Waals surface area (Å²) in [6.07, 6.45) is 1.52. The van der Waals surface area contributed by atoms with Crippen molar-refractivity contribution in [1.29, 1.82) is 0 Å². The summed E-state index contributed by atoms with van der Waals surface area (Å²) >= 11 is 0. The van der Waals surface area contributed by atoms with E-state index in [-0.39, 0.29) is 11.8 Å². The Kier molecular flexibility index (Phi) is 5.33. The summed E-state index contributed by atoms with van der Waals surface area (Å²) in [5.41, 5.74) is 1.32. The Hall–Kier alpha value is -2.82. The molecule has 1 fully saturated rings. The van der Waals surface area contributed by atoms with Gasteiger partial charge in [0.2, 0.25) is 5.91 Å². The zero-order valence-corrected chi connectivity index (χ0v) is 14.3. The lowest BCUT2D eigenvalue weighted by molar-refractivity contribution is -0.119. The molecule has 5 nitrogen and oxygen atoms in total. The Balaban J connectivity index is 1.67. The van der Waals surface area contributed by atoms with Gasteiger partial charge in [-0.2, -0.15) is 0 Å². The van der Waals surface area contributed by atoms with Gasteiger partial charge in [0.25, 0.3) is 5.91 Å². The number of nitrogens with one attached hydrogen (secondary N) is 1. The van der Waals surface area contributed by atoms with Crippen molar-refractivity contribution < 1.29 is 14.3 Å². The van der Waals surface area contributed by atoms with Gasteiger partial charge in [0.05, 0.1) is 6.61 Å². The van der Waals surface area contributed by atoms with Gasteiger partial charge in [-0.15, -0.1) is 0 Å². The number of nitrogens with zero attached hydrogens (tertiary/aromatic N) is 1. The number of rotatable bonds is 5. The number of benzene rings is 2. The first kappa shape index (κ1) is 17.0. The average molecular weight is 338 g/mol. The smallest absolute Gasteiger partial charge is 0.254 e. The van der Waals surface area contributed by atoms with Gasteiger partial charge in [-0.25, -0.2) is 0 Å². The van der Waals surface area contributed by atoms with Crippen LogP contribution in [0.3, 0.4) is 0 Å². The van der Waals surface area contributed by atoms with Crippen LogP contribution in [0.15, 0.2) is 54.6 Å². The van der Waals surface area contributed by atoms with E-state index in [9.17, 15) is 9.59 Å². The topological polar surface area (TPSA) is 58.6 Å². The molecule has 0 aromatic heterocycles. The summed E-state index contributed by atoms with van der Waals surface area (Å²) < 4.78 is 5.40. The SMILES string of the molecule is CCOc1ccc(NC(=O)C2CCCN2C(=O)c2ccccc2)cc1. The van der Waals surface area contributed by atoms with E-state index in [1.807, 2.05) is 37.3 Å².